The largest absolute Gasteiger partial charge is 0.382 e. The first-order valence-electron chi connectivity index (χ1n) is 8.03. The first-order valence-corrected chi connectivity index (χ1v) is 8.03. The van der Waals surface area contributed by atoms with Crippen molar-refractivity contribution in [1.82, 2.24) is 14.7 Å². The van der Waals surface area contributed by atoms with Crippen LogP contribution >= 0.6 is 0 Å². The number of hydrogen-bond donors (Lipinski definition) is 1. The number of nitrogens with zero attached hydrogens (tertiary/aromatic N) is 4. The Labute approximate surface area is 149 Å². The average molecular weight is 359 g/mol. The highest BCUT2D eigenvalue weighted by Crippen LogP contribution is 2.18. The van der Waals surface area contributed by atoms with Gasteiger partial charge in [-0.3, -0.25) is 5.32 Å². The second-order valence-electron chi connectivity index (χ2n) is 5.72. The zero-order valence-corrected chi connectivity index (χ0v) is 14.2. The summed E-state index contributed by atoms with van der Waals surface area (Å²) in [4.78, 5) is 14.0. The number of carbonyl (C=O) groups is 1. The molecule has 9 heteroatoms. The molecule has 26 heavy (non-hydrogen) atoms. The molecule has 0 spiro atoms. The van der Waals surface area contributed by atoms with Crippen LogP contribution in [0.15, 0.2) is 30.5 Å². The molecule has 1 saturated heterocycles. The number of hydrogen-bond acceptors (Lipinski definition) is 5. The summed E-state index contributed by atoms with van der Waals surface area (Å²) in [5, 5.41) is 16.0. The average Bonchev–Trinajstić information content (AvgIpc) is 3.10. The minimum Gasteiger partial charge on any atom is -0.382 e. The smallest absolute Gasteiger partial charge is 0.323 e. The highest BCUT2D eigenvalue weighted by atomic mass is 19.1. The fourth-order valence-corrected chi connectivity index (χ4v) is 2.72. The standard InChI is InChI=1S/C17H18FN5O3/c1-25-11-12-10-22(7-8-26-12)17(24)20-16-5-6-23(21-16)15-4-2-3-14(18)13(15)9-19/h2-6,12H,7-8,10-11H2,1H3,(H,20,21,24). The molecule has 0 aliphatic carbocycles. The van der Waals surface area contributed by atoms with Crippen molar-refractivity contribution >= 4 is 11.8 Å². The minimum absolute atomic E-state index is 0.107. The molecule has 1 aliphatic heterocycles. The van der Waals surface area contributed by atoms with Gasteiger partial charge in [0.1, 0.15) is 17.4 Å². The summed E-state index contributed by atoms with van der Waals surface area (Å²) in [7, 11) is 1.58. The highest BCUT2D eigenvalue weighted by Gasteiger charge is 2.24. The van der Waals surface area contributed by atoms with Crippen LogP contribution in [0.3, 0.4) is 0 Å². The van der Waals surface area contributed by atoms with Crippen LogP contribution in [0.2, 0.25) is 0 Å². The molecule has 0 bridgehead atoms. The number of aromatic nitrogens is 2. The van der Waals surface area contributed by atoms with E-state index >= 15 is 0 Å². The maximum atomic E-state index is 13.7. The van der Waals surface area contributed by atoms with Crippen LogP contribution in [0.25, 0.3) is 5.69 Å². The minimum atomic E-state index is -0.622. The number of anilines is 1. The molecular formula is C17H18FN5O3. The predicted octanol–water partition coefficient (Wildman–Crippen LogP) is 1.76. The fourth-order valence-electron chi connectivity index (χ4n) is 2.72. The number of nitriles is 1. The first kappa shape index (κ1) is 17.8. The van der Waals surface area contributed by atoms with Crippen LogP contribution in [0.5, 0.6) is 0 Å². The van der Waals surface area contributed by atoms with E-state index in [4.69, 9.17) is 14.7 Å². The number of carbonyl (C=O) groups excluding carboxylic acids is 1. The fraction of sp³-hybridized carbons (Fsp3) is 0.353. The monoisotopic (exact) mass is 359 g/mol. The second-order valence-corrected chi connectivity index (χ2v) is 5.72. The van der Waals surface area contributed by atoms with Gasteiger partial charge in [-0.2, -0.15) is 5.26 Å². The summed E-state index contributed by atoms with van der Waals surface area (Å²) in [6.45, 7) is 1.73. The van der Waals surface area contributed by atoms with E-state index in [9.17, 15) is 9.18 Å². The van der Waals surface area contributed by atoms with Crippen LogP contribution in [0.4, 0.5) is 15.0 Å². The molecule has 1 fully saturated rings. The zero-order valence-electron chi connectivity index (χ0n) is 14.2. The van der Waals surface area contributed by atoms with Gasteiger partial charge in [0.2, 0.25) is 0 Å². The zero-order chi connectivity index (χ0) is 18.5. The molecule has 2 amide bonds. The Morgan fingerprint density at radius 1 is 1.54 bits per heavy atom. The van der Waals surface area contributed by atoms with Gasteiger partial charge in [0.15, 0.2) is 5.82 Å². The summed E-state index contributed by atoms with van der Waals surface area (Å²) in [5.41, 5.74) is 0.198. The van der Waals surface area contributed by atoms with Gasteiger partial charge in [-0.1, -0.05) is 6.07 Å². The van der Waals surface area contributed by atoms with Crippen molar-refractivity contribution in [3.8, 4) is 11.8 Å². The van der Waals surface area contributed by atoms with Crippen molar-refractivity contribution in [2.45, 2.75) is 6.10 Å². The Morgan fingerprint density at radius 2 is 2.38 bits per heavy atom. The quantitative estimate of drug-likeness (QED) is 0.898. The van der Waals surface area contributed by atoms with Gasteiger partial charge in [-0.05, 0) is 12.1 Å². The SMILES string of the molecule is COCC1CN(C(=O)Nc2ccn(-c3cccc(F)c3C#N)n2)CCO1. The lowest BCUT2D eigenvalue weighted by atomic mass is 10.2. The van der Waals surface area contributed by atoms with Crippen molar-refractivity contribution in [2.24, 2.45) is 0 Å². The Balaban J connectivity index is 1.70. The molecule has 136 valence electrons. The summed E-state index contributed by atoms with van der Waals surface area (Å²) in [6.07, 6.45) is 1.39. The number of benzene rings is 1. The van der Waals surface area contributed by atoms with Crippen LogP contribution < -0.4 is 5.32 Å². The van der Waals surface area contributed by atoms with Crippen molar-refractivity contribution in [2.75, 3.05) is 38.7 Å². The number of nitrogens with one attached hydrogen (secondary N) is 1. The summed E-state index contributed by atoms with van der Waals surface area (Å²) >= 11 is 0. The Morgan fingerprint density at radius 3 is 3.15 bits per heavy atom. The summed E-state index contributed by atoms with van der Waals surface area (Å²) < 4.78 is 25.7. The van der Waals surface area contributed by atoms with Gasteiger partial charge in [0.05, 0.1) is 31.5 Å². The molecule has 8 nitrogen and oxygen atoms in total. The van der Waals surface area contributed by atoms with Gasteiger partial charge >= 0.3 is 6.03 Å². The number of methoxy groups -OCH3 is 1. The number of ether oxygens (including phenoxy) is 2. The molecule has 1 N–H and O–H groups in total. The van der Waals surface area contributed by atoms with Gasteiger partial charge in [0, 0.05) is 25.9 Å². The molecule has 0 saturated carbocycles. The Hall–Kier alpha value is -2.96. The third-order valence-electron chi connectivity index (χ3n) is 3.95. The number of halogens is 1. The second kappa shape index (κ2) is 7.95. The normalized spacial score (nSPS) is 17.0. The Kier molecular flexibility index (Phi) is 5.46. The molecule has 2 aromatic rings. The molecule has 1 aromatic heterocycles. The third kappa shape index (κ3) is 3.82. The molecule has 1 atom stereocenters. The van der Waals surface area contributed by atoms with Crippen molar-refractivity contribution in [3.63, 3.8) is 0 Å². The van der Waals surface area contributed by atoms with E-state index in [0.29, 0.717) is 37.8 Å². The van der Waals surface area contributed by atoms with Gasteiger partial charge in [0.25, 0.3) is 0 Å². The number of rotatable bonds is 4. The first-order chi connectivity index (χ1) is 12.6. The van der Waals surface area contributed by atoms with Gasteiger partial charge < -0.3 is 14.4 Å². The van der Waals surface area contributed by atoms with Crippen LogP contribution in [-0.4, -0.2) is 60.2 Å². The maximum Gasteiger partial charge on any atom is 0.323 e. The molecule has 3 rings (SSSR count). The van der Waals surface area contributed by atoms with Crippen molar-refractivity contribution in [1.29, 1.82) is 5.26 Å². The maximum absolute atomic E-state index is 13.7. The van der Waals surface area contributed by atoms with E-state index in [2.05, 4.69) is 10.4 Å². The van der Waals surface area contributed by atoms with E-state index in [1.807, 2.05) is 6.07 Å². The predicted molar refractivity (Wildman–Crippen MR) is 90.4 cm³/mol. The molecule has 1 unspecified atom stereocenters. The van der Waals surface area contributed by atoms with Crippen LogP contribution in [0.1, 0.15) is 5.56 Å². The van der Waals surface area contributed by atoms with Crippen LogP contribution in [0, 0.1) is 17.1 Å². The Bertz CT molecular complexity index is 830. The van der Waals surface area contributed by atoms with E-state index in [1.54, 1.807) is 30.3 Å². The lowest BCUT2D eigenvalue weighted by molar-refractivity contribution is -0.0481. The van der Waals surface area contributed by atoms with E-state index in [0.717, 1.165) is 0 Å². The van der Waals surface area contributed by atoms with E-state index in [-0.39, 0.29) is 17.7 Å². The topological polar surface area (TPSA) is 92.4 Å². The van der Waals surface area contributed by atoms with Crippen LogP contribution in [-0.2, 0) is 9.47 Å². The van der Waals surface area contributed by atoms with Gasteiger partial charge in [-0.15, -0.1) is 5.10 Å². The number of amides is 2. The lowest BCUT2D eigenvalue weighted by Crippen LogP contribution is -2.48. The molecule has 1 aliphatic rings. The summed E-state index contributed by atoms with van der Waals surface area (Å²) in [6, 6.07) is 7.39. The van der Waals surface area contributed by atoms with E-state index < -0.39 is 5.82 Å². The summed E-state index contributed by atoms with van der Waals surface area (Å²) in [5.74, 6) is -0.318. The highest BCUT2D eigenvalue weighted by molar-refractivity contribution is 5.88. The van der Waals surface area contributed by atoms with E-state index in [1.165, 1.54) is 16.8 Å². The lowest BCUT2D eigenvalue weighted by Gasteiger charge is -2.32. The molecule has 1 aromatic carbocycles. The number of urea groups is 1. The molecule has 0 radical (unpaired) electrons. The van der Waals surface area contributed by atoms with Crippen molar-refractivity contribution < 1.29 is 18.7 Å². The van der Waals surface area contributed by atoms with Crippen molar-refractivity contribution in [3.05, 3.63) is 41.8 Å². The molecule has 2 heterocycles. The third-order valence-corrected chi connectivity index (χ3v) is 3.95. The molecular weight excluding hydrogens is 341 g/mol. The number of morpholine rings is 1. The van der Waals surface area contributed by atoms with Gasteiger partial charge in [-0.25, -0.2) is 13.9 Å².